The minimum Gasteiger partial charge on any atom is -0.383 e. The number of carbonyl (C=O) groups is 1. The maximum Gasteiger partial charge on any atom is 0.227 e. The molecule has 0 saturated heterocycles. The second kappa shape index (κ2) is 6.17. The predicted octanol–water partition coefficient (Wildman–Crippen LogP) is 3.14. The molecule has 4 heteroatoms. The molecule has 1 amide bonds. The van der Waals surface area contributed by atoms with Crippen LogP contribution in [0.15, 0.2) is 5.38 Å². The highest BCUT2D eigenvalue weighted by Gasteiger charge is 2.24. The predicted molar refractivity (Wildman–Crippen MR) is 72.9 cm³/mol. The highest BCUT2D eigenvalue weighted by Crippen LogP contribution is 2.32. The number of hydrogen-bond acceptors (Lipinski definition) is 3. The van der Waals surface area contributed by atoms with Gasteiger partial charge in [0.25, 0.3) is 0 Å². The molecule has 1 unspecified atom stereocenters. The van der Waals surface area contributed by atoms with Crippen LogP contribution in [0.25, 0.3) is 0 Å². The monoisotopic (exact) mass is 255 g/mol. The Morgan fingerprint density at radius 2 is 2.18 bits per heavy atom. The van der Waals surface area contributed by atoms with Crippen LogP contribution in [0.5, 0.6) is 0 Å². The molecule has 0 aliphatic rings. The first-order chi connectivity index (χ1) is 8.02. The summed E-state index contributed by atoms with van der Waals surface area (Å²) in [5, 5.41) is 2.10. The molecule has 1 atom stereocenters. The van der Waals surface area contributed by atoms with Crippen molar-refractivity contribution >= 4 is 22.9 Å². The van der Waals surface area contributed by atoms with Gasteiger partial charge in [-0.1, -0.05) is 6.92 Å². The van der Waals surface area contributed by atoms with Gasteiger partial charge in [0.15, 0.2) is 0 Å². The molecule has 0 N–H and O–H groups in total. The third-order valence-corrected chi connectivity index (χ3v) is 3.80. The Bertz CT molecular complexity index is 367. The van der Waals surface area contributed by atoms with Crippen molar-refractivity contribution in [2.45, 2.75) is 40.2 Å². The Morgan fingerprint density at radius 1 is 1.53 bits per heavy atom. The smallest absolute Gasteiger partial charge is 0.227 e. The minimum absolute atomic E-state index is 0.0689. The fourth-order valence-corrected chi connectivity index (χ4v) is 2.84. The first-order valence-corrected chi connectivity index (χ1v) is 6.76. The molecule has 3 nitrogen and oxygen atoms in total. The van der Waals surface area contributed by atoms with E-state index in [0.717, 1.165) is 11.3 Å². The first kappa shape index (κ1) is 14.2. The highest BCUT2D eigenvalue weighted by atomic mass is 32.1. The number of anilines is 1. The van der Waals surface area contributed by atoms with Gasteiger partial charge in [-0.2, -0.15) is 0 Å². The van der Waals surface area contributed by atoms with E-state index in [0.29, 0.717) is 13.0 Å². The summed E-state index contributed by atoms with van der Waals surface area (Å²) in [5.74, 6) is 0.152. The normalized spacial score (nSPS) is 12.5. The number of ether oxygens (including phenoxy) is 1. The summed E-state index contributed by atoms with van der Waals surface area (Å²) < 4.78 is 5.17. The van der Waals surface area contributed by atoms with Gasteiger partial charge in [-0.15, -0.1) is 11.3 Å². The quantitative estimate of drug-likeness (QED) is 0.809. The molecular formula is C13H21NO2S. The van der Waals surface area contributed by atoms with Crippen molar-refractivity contribution in [1.82, 2.24) is 0 Å². The zero-order valence-corrected chi connectivity index (χ0v) is 12.1. The number of hydrogen-bond donors (Lipinski definition) is 0. The zero-order valence-electron chi connectivity index (χ0n) is 11.2. The van der Waals surface area contributed by atoms with E-state index >= 15 is 0 Å². The number of methoxy groups -OCH3 is 1. The van der Waals surface area contributed by atoms with Crippen molar-refractivity contribution in [2.24, 2.45) is 0 Å². The number of carbonyl (C=O) groups excluding carboxylic acids is 1. The number of aryl methyl sites for hydroxylation is 2. The van der Waals surface area contributed by atoms with Crippen LogP contribution < -0.4 is 4.90 Å². The van der Waals surface area contributed by atoms with E-state index in [1.165, 1.54) is 4.88 Å². The fourth-order valence-electron chi connectivity index (χ4n) is 2.00. The molecule has 0 spiro atoms. The van der Waals surface area contributed by atoms with Crippen molar-refractivity contribution in [3.8, 4) is 0 Å². The molecule has 0 saturated carbocycles. The van der Waals surface area contributed by atoms with E-state index in [4.69, 9.17) is 4.74 Å². The molecular weight excluding hydrogens is 234 g/mol. The van der Waals surface area contributed by atoms with Gasteiger partial charge < -0.3 is 9.64 Å². The van der Waals surface area contributed by atoms with Crippen LogP contribution in [0.2, 0.25) is 0 Å². The van der Waals surface area contributed by atoms with Crippen LogP contribution in [0.3, 0.4) is 0 Å². The van der Waals surface area contributed by atoms with Crippen molar-refractivity contribution in [3.63, 3.8) is 0 Å². The zero-order chi connectivity index (χ0) is 13.0. The van der Waals surface area contributed by atoms with E-state index in [1.54, 1.807) is 18.4 Å². The number of thiophene rings is 1. The van der Waals surface area contributed by atoms with Crippen LogP contribution >= 0.6 is 11.3 Å². The van der Waals surface area contributed by atoms with Gasteiger partial charge in [-0.05, 0) is 31.7 Å². The molecule has 0 bridgehead atoms. The van der Waals surface area contributed by atoms with Gasteiger partial charge in [0.05, 0.1) is 18.3 Å². The van der Waals surface area contributed by atoms with E-state index in [-0.39, 0.29) is 11.9 Å². The summed E-state index contributed by atoms with van der Waals surface area (Å²) in [6, 6.07) is 0.0689. The molecule has 1 aromatic rings. The number of rotatable bonds is 5. The van der Waals surface area contributed by atoms with Gasteiger partial charge in [-0.3, -0.25) is 4.79 Å². The van der Waals surface area contributed by atoms with E-state index in [1.807, 2.05) is 25.7 Å². The Morgan fingerprint density at radius 3 is 2.59 bits per heavy atom. The van der Waals surface area contributed by atoms with E-state index in [9.17, 15) is 4.79 Å². The molecule has 1 rings (SSSR count). The molecule has 0 fully saturated rings. The number of nitrogens with zero attached hydrogens (tertiary/aromatic N) is 1. The second-order valence-corrected chi connectivity index (χ2v) is 5.33. The molecule has 0 aliphatic carbocycles. The lowest BCUT2D eigenvalue weighted by atomic mass is 10.2. The SMILES string of the molecule is CCC(=O)N(c1c(C)csc1C)C(C)COC. The van der Waals surface area contributed by atoms with Gasteiger partial charge in [0.1, 0.15) is 0 Å². The molecule has 0 radical (unpaired) electrons. The van der Waals surface area contributed by atoms with Gasteiger partial charge in [0, 0.05) is 18.4 Å². The third kappa shape index (κ3) is 3.07. The summed E-state index contributed by atoms with van der Waals surface area (Å²) in [4.78, 5) is 15.2. The van der Waals surface area contributed by atoms with E-state index in [2.05, 4.69) is 12.3 Å². The standard InChI is InChI=1S/C13H21NO2S/c1-6-12(15)14(10(3)7-16-5)13-9(2)8-17-11(13)4/h8,10H,6-7H2,1-5H3. The van der Waals surface area contributed by atoms with Gasteiger partial charge >= 0.3 is 0 Å². The second-order valence-electron chi connectivity index (χ2n) is 4.25. The Kier molecular flexibility index (Phi) is 5.15. The highest BCUT2D eigenvalue weighted by molar-refractivity contribution is 7.10. The molecule has 0 aliphatic heterocycles. The summed E-state index contributed by atoms with van der Waals surface area (Å²) in [7, 11) is 1.67. The lowest BCUT2D eigenvalue weighted by Crippen LogP contribution is -2.41. The Labute approximate surface area is 107 Å². The molecule has 17 heavy (non-hydrogen) atoms. The van der Waals surface area contributed by atoms with Crippen LogP contribution in [0.1, 0.15) is 30.7 Å². The Balaban J connectivity index is 3.10. The van der Waals surface area contributed by atoms with Crippen molar-refractivity contribution in [1.29, 1.82) is 0 Å². The maximum absolute atomic E-state index is 12.1. The van der Waals surface area contributed by atoms with Crippen LogP contribution in [0.4, 0.5) is 5.69 Å². The summed E-state index contributed by atoms with van der Waals surface area (Å²) in [5.41, 5.74) is 2.23. The largest absolute Gasteiger partial charge is 0.383 e. The van der Waals surface area contributed by atoms with Crippen molar-refractivity contribution in [2.75, 3.05) is 18.6 Å². The molecule has 96 valence electrons. The summed E-state index contributed by atoms with van der Waals surface area (Å²) >= 11 is 1.69. The first-order valence-electron chi connectivity index (χ1n) is 5.88. The average molecular weight is 255 g/mol. The average Bonchev–Trinajstić information content (AvgIpc) is 2.61. The van der Waals surface area contributed by atoms with Crippen molar-refractivity contribution in [3.05, 3.63) is 15.8 Å². The van der Waals surface area contributed by atoms with Gasteiger partial charge in [0.2, 0.25) is 5.91 Å². The maximum atomic E-state index is 12.1. The van der Waals surface area contributed by atoms with Crippen molar-refractivity contribution < 1.29 is 9.53 Å². The summed E-state index contributed by atoms with van der Waals surface area (Å²) in [6.45, 7) is 8.58. The molecule has 1 heterocycles. The van der Waals surface area contributed by atoms with Crippen LogP contribution in [0, 0.1) is 13.8 Å². The Hall–Kier alpha value is -0.870. The summed E-state index contributed by atoms with van der Waals surface area (Å²) in [6.07, 6.45) is 0.517. The molecule has 1 aromatic heterocycles. The fraction of sp³-hybridized carbons (Fsp3) is 0.615. The van der Waals surface area contributed by atoms with Gasteiger partial charge in [-0.25, -0.2) is 0 Å². The molecule has 0 aromatic carbocycles. The van der Waals surface area contributed by atoms with E-state index < -0.39 is 0 Å². The minimum atomic E-state index is 0.0689. The third-order valence-electron chi connectivity index (χ3n) is 2.78. The van der Waals surface area contributed by atoms with Crippen LogP contribution in [-0.2, 0) is 9.53 Å². The number of amides is 1. The lowest BCUT2D eigenvalue weighted by Gasteiger charge is -2.29. The lowest BCUT2D eigenvalue weighted by molar-refractivity contribution is -0.119. The van der Waals surface area contributed by atoms with Crippen LogP contribution in [-0.4, -0.2) is 25.7 Å². The topological polar surface area (TPSA) is 29.5 Å².